The van der Waals surface area contributed by atoms with E-state index in [1.54, 1.807) is 24.8 Å². The fraction of sp³-hybridized carbons (Fsp3) is 0.370. The zero-order valence-corrected chi connectivity index (χ0v) is 18.6. The molecule has 0 spiro atoms. The number of pyridine rings is 2. The average molecular weight is 427 g/mol. The topological polar surface area (TPSA) is 63.8 Å². The lowest BCUT2D eigenvalue weighted by Gasteiger charge is -2.30. The maximum atomic E-state index is 12.2. The van der Waals surface area contributed by atoms with E-state index in [1.807, 2.05) is 24.3 Å². The van der Waals surface area contributed by atoms with Crippen LogP contribution in [-0.2, 0) is 18.4 Å². The maximum Gasteiger partial charge on any atom is 0.119 e. The minimum absolute atomic E-state index is 0.441. The molecule has 1 aliphatic carbocycles. The van der Waals surface area contributed by atoms with E-state index in [2.05, 4.69) is 39.8 Å². The number of aryl methyl sites for hydroxylation is 1. The molecule has 0 aliphatic heterocycles. The highest BCUT2D eigenvalue weighted by Crippen LogP contribution is 2.37. The van der Waals surface area contributed by atoms with Gasteiger partial charge in [0.05, 0.1) is 17.3 Å². The Bertz CT molecular complexity index is 1180. The van der Waals surface area contributed by atoms with Crippen molar-refractivity contribution in [3.8, 4) is 0 Å². The van der Waals surface area contributed by atoms with Crippen LogP contribution in [0.5, 0.6) is 0 Å². The van der Waals surface area contributed by atoms with Crippen LogP contribution in [0.3, 0.4) is 0 Å². The van der Waals surface area contributed by atoms with E-state index < -0.39 is 5.60 Å². The molecule has 0 radical (unpaired) electrons. The van der Waals surface area contributed by atoms with Gasteiger partial charge < -0.3 is 5.11 Å². The predicted octanol–water partition coefficient (Wildman–Crippen LogP) is 5.37. The zero-order valence-electron chi connectivity index (χ0n) is 18.6. The Kier molecular flexibility index (Phi) is 5.75. The molecule has 164 valence electrons. The van der Waals surface area contributed by atoms with Crippen LogP contribution in [0.15, 0.2) is 67.3 Å². The lowest BCUT2D eigenvalue weighted by molar-refractivity contribution is 0.0811. The van der Waals surface area contributed by atoms with E-state index in [-0.39, 0.29) is 0 Å². The summed E-state index contributed by atoms with van der Waals surface area (Å²) in [5.41, 5.74) is 3.85. The molecule has 1 aromatic carbocycles. The summed E-state index contributed by atoms with van der Waals surface area (Å²) in [5.74, 6) is 0. The first-order chi connectivity index (χ1) is 15.7. The minimum atomic E-state index is -1.17. The van der Waals surface area contributed by atoms with Crippen molar-refractivity contribution >= 4 is 10.9 Å². The van der Waals surface area contributed by atoms with Gasteiger partial charge in [0.1, 0.15) is 5.60 Å². The lowest BCUT2D eigenvalue weighted by atomic mass is 9.81. The average Bonchev–Trinajstić information content (AvgIpc) is 3.24. The quantitative estimate of drug-likeness (QED) is 0.450. The summed E-state index contributed by atoms with van der Waals surface area (Å²) in [4.78, 5) is 8.30. The van der Waals surface area contributed by atoms with Crippen LogP contribution in [0.1, 0.15) is 67.5 Å². The lowest BCUT2D eigenvalue weighted by Crippen LogP contribution is -2.30. The van der Waals surface area contributed by atoms with E-state index in [0.29, 0.717) is 12.5 Å². The van der Waals surface area contributed by atoms with Gasteiger partial charge in [-0.15, -0.1) is 0 Å². The van der Waals surface area contributed by atoms with E-state index >= 15 is 0 Å². The molecule has 1 fully saturated rings. The molecular weight excluding hydrogens is 396 g/mol. The fourth-order valence-electron chi connectivity index (χ4n) is 5.12. The van der Waals surface area contributed by atoms with Gasteiger partial charge in [-0.3, -0.25) is 14.6 Å². The Morgan fingerprint density at radius 2 is 1.59 bits per heavy atom. The van der Waals surface area contributed by atoms with Gasteiger partial charge in [0.2, 0.25) is 0 Å². The molecule has 1 saturated carbocycles. The number of hydrogen-bond acceptors (Lipinski definition) is 4. The van der Waals surface area contributed by atoms with Crippen molar-refractivity contribution in [3.05, 3.63) is 89.6 Å². The number of benzene rings is 1. The van der Waals surface area contributed by atoms with Crippen molar-refractivity contribution < 1.29 is 5.11 Å². The van der Waals surface area contributed by atoms with Gasteiger partial charge in [0, 0.05) is 36.6 Å². The smallest absolute Gasteiger partial charge is 0.119 e. The highest BCUT2D eigenvalue weighted by molar-refractivity contribution is 5.83. The molecule has 5 nitrogen and oxygen atoms in total. The molecule has 0 saturated heterocycles. The van der Waals surface area contributed by atoms with Gasteiger partial charge in [0.15, 0.2) is 0 Å². The second kappa shape index (κ2) is 8.83. The summed E-state index contributed by atoms with van der Waals surface area (Å²) < 4.78 is 2.25. The van der Waals surface area contributed by atoms with Crippen molar-refractivity contribution in [2.45, 2.75) is 63.5 Å². The maximum absolute atomic E-state index is 12.2. The van der Waals surface area contributed by atoms with Crippen LogP contribution in [0, 0.1) is 0 Å². The second-order valence-corrected chi connectivity index (χ2v) is 8.90. The van der Waals surface area contributed by atoms with Crippen molar-refractivity contribution in [1.82, 2.24) is 19.7 Å². The first-order valence-electron chi connectivity index (χ1n) is 11.7. The Morgan fingerprint density at radius 3 is 2.28 bits per heavy atom. The van der Waals surface area contributed by atoms with Gasteiger partial charge in [-0.2, -0.15) is 5.10 Å². The number of fused-ring (bicyclic) bond motifs is 1. The molecule has 1 unspecified atom stereocenters. The first kappa shape index (κ1) is 20.8. The summed E-state index contributed by atoms with van der Waals surface area (Å²) in [7, 11) is 0. The third-order valence-corrected chi connectivity index (χ3v) is 6.88. The van der Waals surface area contributed by atoms with E-state index in [4.69, 9.17) is 5.10 Å². The van der Waals surface area contributed by atoms with Crippen LogP contribution in [-0.4, -0.2) is 24.9 Å². The number of hydrogen-bond donors (Lipinski definition) is 1. The van der Waals surface area contributed by atoms with Gasteiger partial charge in [-0.25, -0.2) is 0 Å². The number of aliphatic hydroxyl groups is 1. The molecular formula is C27H30N4O. The number of aromatic nitrogens is 4. The number of rotatable bonds is 6. The van der Waals surface area contributed by atoms with Gasteiger partial charge in [-0.1, -0.05) is 38.3 Å². The molecule has 5 rings (SSSR count). The Hall–Kier alpha value is -3.05. The standard InChI is InChI=1S/C27H30N4O/c1-2-25-24-9-8-22(18-26(24)31(30-25)23-6-4-3-5-7-23)27(32,21-12-16-29-17-13-21)19-20-10-14-28-15-11-20/h8-18,23,32H,2-7,19H2,1H3. The monoisotopic (exact) mass is 426 g/mol. The molecule has 32 heavy (non-hydrogen) atoms. The third-order valence-electron chi connectivity index (χ3n) is 6.88. The molecule has 4 aromatic rings. The van der Waals surface area contributed by atoms with Gasteiger partial charge in [-0.05, 0) is 66.3 Å². The Labute approximate surface area is 189 Å². The SMILES string of the molecule is CCc1nn(C2CCCCC2)c2cc(C(O)(Cc3ccncc3)c3ccncc3)ccc12. The molecule has 1 aliphatic rings. The van der Waals surface area contributed by atoms with E-state index in [1.165, 1.54) is 37.5 Å². The molecule has 5 heteroatoms. The van der Waals surface area contributed by atoms with Crippen LogP contribution >= 0.6 is 0 Å². The molecule has 3 aromatic heterocycles. The van der Waals surface area contributed by atoms with Gasteiger partial charge >= 0.3 is 0 Å². The van der Waals surface area contributed by atoms with Crippen LogP contribution in [0.2, 0.25) is 0 Å². The Balaban J connectivity index is 1.65. The van der Waals surface area contributed by atoms with E-state index in [0.717, 1.165) is 34.3 Å². The molecule has 1 atom stereocenters. The third kappa shape index (κ3) is 3.82. The summed E-state index contributed by atoms with van der Waals surface area (Å²) in [6.07, 6.45) is 14.6. The van der Waals surface area contributed by atoms with Crippen molar-refractivity contribution in [2.75, 3.05) is 0 Å². The highest BCUT2D eigenvalue weighted by atomic mass is 16.3. The highest BCUT2D eigenvalue weighted by Gasteiger charge is 2.33. The zero-order chi connectivity index (χ0) is 22.0. The van der Waals surface area contributed by atoms with Crippen molar-refractivity contribution in [3.63, 3.8) is 0 Å². The summed E-state index contributed by atoms with van der Waals surface area (Å²) in [6, 6.07) is 14.6. The van der Waals surface area contributed by atoms with Crippen LogP contribution in [0.4, 0.5) is 0 Å². The predicted molar refractivity (Wildman–Crippen MR) is 126 cm³/mol. The summed E-state index contributed by atoms with van der Waals surface area (Å²) in [5, 5.41) is 18.4. The molecule has 3 heterocycles. The Morgan fingerprint density at radius 1 is 0.906 bits per heavy atom. The normalized spacial score (nSPS) is 16.8. The fourth-order valence-corrected chi connectivity index (χ4v) is 5.12. The van der Waals surface area contributed by atoms with Crippen LogP contribution < -0.4 is 0 Å². The largest absolute Gasteiger partial charge is 0.380 e. The first-order valence-corrected chi connectivity index (χ1v) is 11.7. The minimum Gasteiger partial charge on any atom is -0.380 e. The molecule has 0 amide bonds. The molecule has 1 N–H and O–H groups in total. The second-order valence-electron chi connectivity index (χ2n) is 8.90. The summed E-state index contributed by atoms with van der Waals surface area (Å²) in [6.45, 7) is 2.16. The van der Waals surface area contributed by atoms with Crippen LogP contribution in [0.25, 0.3) is 10.9 Å². The van der Waals surface area contributed by atoms with Crippen molar-refractivity contribution in [1.29, 1.82) is 0 Å². The summed E-state index contributed by atoms with van der Waals surface area (Å²) >= 11 is 0. The van der Waals surface area contributed by atoms with Crippen molar-refractivity contribution in [2.24, 2.45) is 0 Å². The molecule has 0 bridgehead atoms. The van der Waals surface area contributed by atoms with Gasteiger partial charge in [0.25, 0.3) is 0 Å². The van der Waals surface area contributed by atoms with E-state index in [9.17, 15) is 5.11 Å². The number of nitrogens with zero attached hydrogens (tertiary/aromatic N) is 4.